The van der Waals surface area contributed by atoms with Crippen molar-refractivity contribution in [3.8, 4) is 5.75 Å². The normalized spacial score (nSPS) is 12.7. The van der Waals surface area contributed by atoms with E-state index in [1.54, 1.807) is 6.92 Å². The third-order valence-corrected chi connectivity index (χ3v) is 3.72. The lowest BCUT2D eigenvalue weighted by molar-refractivity contribution is -0.147. The summed E-state index contributed by atoms with van der Waals surface area (Å²) in [6.45, 7) is 2.99. The van der Waals surface area contributed by atoms with E-state index in [1.165, 1.54) is 26.4 Å². The molecule has 0 aliphatic carbocycles. The predicted molar refractivity (Wildman–Crippen MR) is 86.6 cm³/mol. The first-order valence-electron chi connectivity index (χ1n) is 7.71. The number of rotatable bonds is 8. The molecule has 0 saturated heterocycles. The number of ether oxygens (including phenoxy) is 3. The first kappa shape index (κ1) is 20.4. The standard InChI is InChI=1S/C17H22FNO6/c1-5-10(2)15(17(22)24-4)19-14(20)9-25-16(21)12-7-6-11(23-3)8-13(12)18/h6-8,10,15H,5,9H2,1-4H3,(H,19,20)/t10-,15+/m0/s1. The predicted octanol–water partition coefficient (Wildman–Crippen LogP) is 1.69. The number of amides is 1. The maximum Gasteiger partial charge on any atom is 0.341 e. The summed E-state index contributed by atoms with van der Waals surface area (Å²) in [7, 11) is 2.59. The quantitative estimate of drug-likeness (QED) is 0.714. The molecule has 1 N–H and O–H groups in total. The average Bonchev–Trinajstić information content (AvgIpc) is 2.62. The van der Waals surface area contributed by atoms with Gasteiger partial charge in [0.1, 0.15) is 17.6 Å². The van der Waals surface area contributed by atoms with Crippen molar-refractivity contribution in [3.63, 3.8) is 0 Å². The molecule has 0 aromatic heterocycles. The van der Waals surface area contributed by atoms with E-state index in [1.807, 2.05) is 6.92 Å². The Hall–Kier alpha value is -2.64. The SMILES string of the molecule is CC[C@H](C)[C@@H](NC(=O)COC(=O)c1ccc(OC)cc1F)C(=O)OC. The Kier molecular flexibility index (Phi) is 7.84. The van der Waals surface area contributed by atoms with E-state index in [0.29, 0.717) is 6.42 Å². The highest BCUT2D eigenvalue weighted by atomic mass is 19.1. The second-order valence-electron chi connectivity index (χ2n) is 5.38. The van der Waals surface area contributed by atoms with Gasteiger partial charge in [0, 0.05) is 6.07 Å². The van der Waals surface area contributed by atoms with Crippen LogP contribution in [0.3, 0.4) is 0 Å². The second kappa shape index (κ2) is 9.61. The molecule has 138 valence electrons. The topological polar surface area (TPSA) is 90.9 Å². The van der Waals surface area contributed by atoms with E-state index in [9.17, 15) is 18.8 Å². The number of carbonyl (C=O) groups is 3. The maximum atomic E-state index is 13.8. The van der Waals surface area contributed by atoms with Gasteiger partial charge in [-0.1, -0.05) is 20.3 Å². The van der Waals surface area contributed by atoms with E-state index in [0.717, 1.165) is 6.07 Å². The zero-order valence-corrected chi connectivity index (χ0v) is 14.6. The molecule has 0 radical (unpaired) electrons. The van der Waals surface area contributed by atoms with Crippen LogP contribution >= 0.6 is 0 Å². The van der Waals surface area contributed by atoms with Gasteiger partial charge in [-0.05, 0) is 18.1 Å². The van der Waals surface area contributed by atoms with Crippen LogP contribution in [0.2, 0.25) is 0 Å². The molecule has 25 heavy (non-hydrogen) atoms. The van der Waals surface area contributed by atoms with E-state index in [-0.39, 0.29) is 17.2 Å². The lowest BCUT2D eigenvalue weighted by atomic mass is 9.99. The van der Waals surface area contributed by atoms with Crippen molar-refractivity contribution in [3.05, 3.63) is 29.6 Å². The molecule has 8 heteroatoms. The smallest absolute Gasteiger partial charge is 0.341 e. The molecule has 2 atom stereocenters. The summed E-state index contributed by atoms with van der Waals surface area (Å²) < 4.78 is 28.1. The molecular formula is C17H22FNO6. The van der Waals surface area contributed by atoms with Crippen molar-refractivity contribution in [2.45, 2.75) is 26.3 Å². The molecule has 0 saturated carbocycles. The molecule has 1 amide bonds. The van der Waals surface area contributed by atoms with Crippen LogP contribution in [0, 0.1) is 11.7 Å². The van der Waals surface area contributed by atoms with Crippen molar-refractivity contribution in [1.29, 1.82) is 0 Å². The summed E-state index contributed by atoms with van der Waals surface area (Å²) >= 11 is 0. The van der Waals surface area contributed by atoms with Gasteiger partial charge in [-0.3, -0.25) is 4.79 Å². The Labute approximate surface area is 145 Å². The molecule has 0 heterocycles. The highest BCUT2D eigenvalue weighted by Gasteiger charge is 2.27. The largest absolute Gasteiger partial charge is 0.497 e. The van der Waals surface area contributed by atoms with Crippen molar-refractivity contribution in [1.82, 2.24) is 5.32 Å². The molecule has 0 fully saturated rings. The van der Waals surface area contributed by atoms with Crippen molar-refractivity contribution < 1.29 is 33.0 Å². The number of halogens is 1. The van der Waals surface area contributed by atoms with Crippen molar-refractivity contribution in [2.24, 2.45) is 5.92 Å². The molecule has 0 unspecified atom stereocenters. The number of esters is 2. The number of carbonyl (C=O) groups excluding carboxylic acids is 3. The van der Waals surface area contributed by atoms with Crippen LogP contribution in [0.5, 0.6) is 5.75 Å². The lowest BCUT2D eigenvalue weighted by Gasteiger charge is -2.21. The molecule has 7 nitrogen and oxygen atoms in total. The Balaban J connectivity index is 2.65. The molecule has 0 bridgehead atoms. The van der Waals surface area contributed by atoms with Crippen molar-refractivity contribution in [2.75, 3.05) is 20.8 Å². The van der Waals surface area contributed by atoms with Gasteiger partial charge in [0.15, 0.2) is 6.61 Å². The van der Waals surface area contributed by atoms with Gasteiger partial charge in [-0.15, -0.1) is 0 Å². The molecule has 0 spiro atoms. The van der Waals surface area contributed by atoms with Crippen LogP contribution < -0.4 is 10.1 Å². The molecule has 1 rings (SSSR count). The summed E-state index contributed by atoms with van der Waals surface area (Å²) in [6.07, 6.45) is 0.636. The Morgan fingerprint density at radius 3 is 2.44 bits per heavy atom. The molecule has 0 aliphatic heterocycles. The summed E-state index contributed by atoms with van der Waals surface area (Å²) in [5.74, 6) is -2.99. The number of nitrogens with one attached hydrogen (secondary N) is 1. The zero-order chi connectivity index (χ0) is 19.0. The van der Waals surface area contributed by atoms with Gasteiger partial charge in [-0.2, -0.15) is 0 Å². The summed E-state index contributed by atoms with van der Waals surface area (Å²) in [4.78, 5) is 35.5. The van der Waals surface area contributed by atoms with Gasteiger partial charge in [0.25, 0.3) is 5.91 Å². The Morgan fingerprint density at radius 1 is 1.24 bits per heavy atom. The number of benzene rings is 1. The van der Waals surface area contributed by atoms with E-state index >= 15 is 0 Å². The Bertz CT molecular complexity index is 634. The number of methoxy groups -OCH3 is 2. The third-order valence-electron chi connectivity index (χ3n) is 3.72. The first-order chi connectivity index (χ1) is 11.8. The van der Waals surface area contributed by atoms with Crippen LogP contribution in [0.15, 0.2) is 18.2 Å². The van der Waals surface area contributed by atoms with Crippen LogP contribution in [0.4, 0.5) is 4.39 Å². The van der Waals surface area contributed by atoms with Gasteiger partial charge in [0.05, 0.1) is 19.8 Å². The average molecular weight is 355 g/mol. The fraction of sp³-hybridized carbons (Fsp3) is 0.471. The van der Waals surface area contributed by atoms with Crippen LogP contribution in [-0.4, -0.2) is 44.7 Å². The van der Waals surface area contributed by atoms with Gasteiger partial charge >= 0.3 is 11.9 Å². The van der Waals surface area contributed by atoms with Gasteiger partial charge in [-0.25, -0.2) is 14.0 Å². The fourth-order valence-electron chi connectivity index (χ4n) is 2.01. The molecule has 1 aromatic rings. The monoisotopic (exact) mass is 355 g/mol. The molecule has 0 aliphatic rings. The van der Waals surface area contributed by atoms with E-state index < -0.39 is 36.3 Å². The Morgan fingerprint density at radius 2 is 1.92 bits per heavy atom. The van der Waals surface area contributed by atoms with E-state index in [2.05, 4.69) is 10.1 Å². The third kappa shape index (κ3) is 5.74. The van der Waals surface area contributed by atoms with Crippen LogP contribution in [0.25, 0.3) is 0 Å². The van der Waals surface area contributed by atoms with Crippen LogP contribution in [0.1, 0.15) is 30.6 Å². The molecular weight excluding hydrogens is 333 g/mol. The molecule has 1 aromatic carbocycles. The summed E-state index contributed by atoms with van der Waals surface area (Å²) in [6, 6.07) is 2.78. The highest BCUT2D eigenvalue weighted by molar-refractivity contribution is 5.92. The summed E-state index contributed by atoms with van der Waals surface area (Å²) in [5.41, 5.74) is -0.319. The minimum Gasteiger partial charge on any atom is -0.497 e. The number of hydrogen-bond acceptors (Lipinski definition) is 6. The maximum absolute atomic E-state index is 13.8. The minimum atomic E-state index is -0.992. The van der Waals surface area contributed by atoms with Crippen molar-refractivity contribution >= 4 is 17.8 Å². The minimum absolute atomic E-state index is 0.161. The second-order valence-corrected chi connectivity index (χ2v) is 5.38. The highest BCUT2D eigenvalue weighted by Crippen LogP contribution is 2.17. The van der Waals surface area contributed by atoms with Gasteiger partial charge < -0.3 is 19.5 Å². The summed E-state index contributed by atoms with van der Waals surface area (Å²) in [5, 5.41) is 2.45. The van der Waals surface area contributed by atoms with Crippen LogP contribution in [-0.2, 0) is 19.1 Å². The first-order valence-corrected chi connectivity index (χ1v) is 7.71. The van der Waals surface area contributed by atoms with E-state index in [4.69, 9.17) is 9.47 Å². The van der Waals surface area contributed by atoms with Gasteiger partial charge in [0.2, 0.25) is 0 Å². The fourth-order valence-corrected chi connectivity index (χ4v) is 2.01. The number of hydrogen-bond donors (Lipinski definition) is 1. The zero-order valence-electron chi connectivity index (χ0n) is 14.6. The lowest BCUT2D eigenvalue weighted by Crippen LogP contribution is -2.47.